The molecule has 14 heteroatoms. The highest BCUT2D eigenvalue weighted by Gasteiger charge is 2.20. The molecule has 2 rings (SSSR count). The summed E-state index contributed by atoms with van der Waals surface area (Å²) in [7, 11) is 0. The zero-order valence-electron chi connectivity index (χ0n) is 22.1. The van der Waals surface area contributed by atoms with Crippen LogP contribution in [0.2, 0.25) is 0 Å². The van der Waals surface area contributed by atoms with Gasteiger partial charge >= 0.3 is 12.1 Å². The van der Waals surface area contributed by atoms with Gasteiger partial charge in [0.15, 0.2) is 0 Å². The molecular weight excluding hydrogens is 514 g/mol. The average Bonchev–Trinajstić information content (AvgIpc) is 2.93. The molecule has 0 spiro atoms. The highest BCUT2D eigenvalue weighted by Crippen LogP contribution is 2.03. The zero-order valence-corrected chi connectivity index (χ0v) is 22.1. The van der Waals surface area contributed by atoms with Crippen LogP contribution in [0, 0.1) is 0 Å². The molecule has 39 heavy (non-hydrogen) atoms. The van der Waals surface area contributed by atoms with Gasteiger partial charge in [-0.25, -0.2) is 4.79 Å². The van der Waals surface area contributed by atoms with Crippen molar-refractivity contribution < 1.29 is 43.6 Å². The van der Waals surface area contributed by atoms with Crippen molar-refractivity contribution in [1.29, 1.82) is 0 Å². The van der Waals surface area contributed by atoms with Crippen LogP contribution in [-0.4, -0.2) is 146 Å². The van der Waals surface area contributed by atoms with Gasteiger partial charge in [-0.15, -0.1) is 0 Å². The first-order chi connectivity index (χ1) is 18.9. The first-order valence-corrected chi connectivity index (χ1v) is 12.7. The molecule has 1 saturated heterocycles. The molecular formula is C25H39N5O9. The third kappa shape index (κ3) is 14.4. The maximum absolute atomic E-state index is 12.0. The molecule has 0 aromatic heterocycles. The molecule has 1 unspecified atom stereocenters. The standard InChI is InChI=1S/C25H39N5O9/c31-20-37-18-29-10-8-27(15-23(33)14-26-25(36)39-17-22-4-2-1-3-5-22)6-7-28(16-24(34)35)9-11-30(13-12-29)19-38-21-32/h1-5,20-21,23,33H,6-19H2,(H,26,36)(H,34,35). The van der Waals surface area contributed by atoms with Crippen LogP contribution in [-0.2, 0) is 35.2 Å². The molecule has 0 bridgehead atoms. The van der Waals surface area contributed by atoms with Crippen LogP contribution in [0.15, 0.2) is 30.3 Å². The van der Waals surface area contributed by atoms with Crippen LogP contribution in [0.5, 0.6) is 0 Å². The molecule has 0 aliphatic carbocycles. The summed E-state index contributed by atoms with van der Waals surface area (Å²) in [5.41, 5.74) is 0.848. The van der Waals surface area contributed by atoms with Gasteiger partial charge in [-0.05, 0) is 5.56 Å². The van der Waals surface area contributed by atoms with Crippen LogP contribution in [0.25, 0.3) is 0 Å². The molecule has 218 valence electrons. The highest BCUT2D eigenvalue weighted by atomic mass is 16.5. The number of nitrogens with zero attached hydrogens (tertiary/aromatic N) is 4. The Morgan fingerprint density at radius 3 is 1.87 bits per heavy atom. The van der Waals surface area contributed by atoms with E-state index in [0.717, 1.165) is 5.56 Å². The summed E-state index contributed by atoms with van der Waals surface area (Å²) in [6.45, 7) is 4.75. The van der Waals surface area contributed by atoms with Gasteiger partial charge in [0.25, 0.3) is 12.9 Å². The average molecular weight is 554 g/mol. The molecule has 1 atom stereocenters. The topological polar surface area (TPSA) is 161 Å². The third-order valence-electron chi connectivity index (χ3n) is 6.10. The maximum Gasteiger partial charge on any atom is 0.407 e. The van der Waals surface area contributed by atoms with Crippen LogP contribution < -0.4 is 5.32 Å². The van der Waals surface area contributed by atoms with Gasteiger partial charge < -0.3 is 29.7 Å². The van der Waals surface area contributed by atoms with E-state index in [1.807, 2.05) is 45.0 Å². The van der Waals surface area contributed by atoms with Crippen LogP contribution >= 0.6 is 0 Å². The number of amides is 1. The lowest BCUT2D eigenvalue weighted by Crippen LogP contribution is -2.49. The van der Waals surface area contributed by atoms with Crippen molar-refractivity contribution in [2.75, 3.05) is 85.5 Å². The normalized spacial score (nSPS) is 17.7. The van der Waals surface area contributed by atoms with Crippen LogP contribution in [0.4, 0.5) is 4.79 Å². The number of ether oxygens (including phenoxy) is 3. The number of β-amino-alcohol motifs (C(OH)–C–C–N with tert-alkyl or cyclic N) is 1. The molecule has 1 fully saturated rings. The van der Waals surface area contributed by atoms with Crippen LogP contribution in [0.1, 0.15) is 5.56 Å². The van der Waals surface area contributed by atoms with Crippen molar-refractivity contribution in [3.8, 4) is 0 Å². The van der Waals surface area contributed by atoms with E-state index in [-0.39, 0.29) is 39.7 Å². The predicted molar refractivity (Wildman–Crippen MR) is 138 cm³/mol. The second kappa shape index (κ2) is 18.9. The first-order valence-electron chi connectivity index (χ1n) is 12.7. The Kier molecular flexibility index (Phi) is 15.4. The van der Waals surface area contributed by atoms with Gasteiger partial charge in [0, 0.05) is 65.4 Å². The molecule has 1 aliphatic heterocycles. The summed E-state index contributed by atoms with van der Waals surface area (Å²) >= 11 is 0. The predicted octanol–water partition coefficient (Wildman–Crippen LogP) is -1.16. The number of aliphatic hydroxyl groups is 1. The number of carboxylic acid groups (broad SMARTS) is 1. The lowest BCUT2D eigenvalue weighted by Gasteiger charge is -2.33. The van der Waals surface area contributed by atoms with Gasteiger partial charge in [-0.1, -0.05) is 30.3 Å². The third-order valence-corrected chi connectivity index (χ3v) is 6.10. The lowest BCUT2D eigenvalue weighted by atomic mass is 10.2. The lowest BCUT2D eigenvalue weighted by molar-refractivity contribution is -0.139. The summed E-state index contributed by atoms with van der Waals surface area (Å²) < 4.78 is 15.0. The van der Waals surface area contributed by atoms with Crippen molar-refractivity contribution in [3.63, 3.8) is 0 Å². The van der Waals surface area contributed by atoms with E-state index in [2.05, 4.69) is 5.32 Å². The molecule has 1 aliphatic rings. The van der Waals surface area contributed by atoms with Gasteiger partial charge in [0.05, 0.1) is 12.6 Å². The Labute approximate surface area is 228 Å². The van der Waals surface area contributed by atoms with E-state index in [0.29, 0.717) is 65.3 Å². The number of aliphatic carboxylic acids is 1. The second-order valence-electron chi connectivity index (χ2n) is 9.09. The summed E-state index contributed by atoms with van der Waals surface area (Å²) in [6.07, 6.45) is -1.54. The molecule has 0 saturated carbocycles. The summed E-state index contributed by atoms with van der Waals surface area (Å²) in [5.74, 6) is -0.959. The van der Waals surface area contributed by atoms with Crippen molar-refractivity contribution in [3.05, 3.63) is 35.9 Å². The molecule has 14 nitrogen and oxygen atoms in total. The Hall–Kier alpha value is -3.30. The fourth-order valence-electron chi connectivity index (χ4n) is 3.98. The van der Waals surface area contributed by atoms with E-state index < -0.39 is 18.2 Å². The number of carbonyl (C=O) groups excluding carboxylic acids is 3. The Morgan fingerprint density at radius 1 is 0.846 bits per heavy atom. The second-order valence-corrected chi connectivity index (χ2v) is 9.09. The molecule has 1 amide bonds. The fourth-order valence-corrected chi connectivity index (χ4v) is 3.98. The zero-order chi connectivity index (χ0) is 28.3. The largest absolute Gasteiger partial charge is 0.480 e. The number of aliphatic hydroxyl groups excluding tert-OH is 1. The number of carboxylic acids is 1. The molecule has 1 heterocycles. The highest BCUT2D eigenvalue weighted by molar-refractivity contribution is 5.69. The summed E-state index contributed by atoms with van der Waals surface area (Å²) in [5, 5.41) is 22.5. The van der Waals surface area contributed by atoms with Crippen molar-refractivity contribution in [2.24, 2.45) is 0 Å². The summed E-state index contributed by atoms with van der Waals surface area (Å²) in [4.78, 5) is 52.4. The molecule has 1 aromatic rings. The summed E-state index contributed by atoms with van der Waals surface area (Å²) in [6, 6.07) is 9.24. The maximum atomic E-state index is 12.0. The Bertz CT molecular complexity index is 864. The van der Waals surface area contributed by atoms with Gasteiger partial charge in [0.1, 0.15) is 20.1 Å². The minimum absolute atomic E-state index is 0.0212. The number of rotatable bonds is 14. The first kappa shape index (κ1) is 31.9. The van der Waals surface area contributed by atoms with E-state index in [1.54, 1.807) is 4.90 Å². The smallest absolute Gasteiger partial charge is 0.407 e. The Balaban J connectivity index is 1.95. The number of hydrogen-bond donors (Lipinski definition) is 3. The van der Waals surface area contributed by atoms with Crippen LogP contribution in [0.3, 0.4) is 0 Å². The van der Waals surface area contributed by atoms with Crippen molar-refractivity contribution in [1.82, 2.24) is 24.9 Å². The Morgan fingerprint density at radius 2 is 1.36 bits per heavy atom. The number of alkyl carbamates (subject to hydrolysis) is 1. The van der Waals surface area contributed by atoms with E-state index in [1.165, 1.54) is 0 Å². The quantitative estimate of drug-likeness (QED) is 0.187. The molecule has 1 aromatic carbocycles. The molecule has 0 radical (unpaired) electrons. The minimum Gasteiger partial charge on any atom is -0.480 e. The van der Waals surface area contributed by atoms with Gasteiger partial charge in [-0.3, -0.25) is 34.0 Å². The number of benzene rings is 1. The van der Waals surface area contributed by atoms with E-state index in [4.69, 9.17) is 14.2 Å². The van der Waals surface area contributed by atoms with Gasteiger partial charge in [-0.2, -0.15) is 0 Å². The number of hydrogen-bond acceptors (Lipinski definition) is 12. The van der Waals surface area contributed by atoms with Crippen molar-refractivity contribution >= 4 is 25.0 Å². The van der Waals surface area contributed by atoms with Crippen molar-refractivity contribution in [2.45, 2.75) is 12.7 Å². The number of carbonyl (C=O) groups is 4. The monoisotopic (exact) mass is 553 g/mol. The number of nitrogens with one attached hydrogen (secondary N) is 1. The van der Waals surface area contributed by atoms with E-state index in [9.17, 15) is 29.4 Å². The molecule has 3 N–H and O–H groups in total. The minimum atomic E-state index is -0.959. The fraction of sp³-hybridized carbons (Fsp3) is 0.600. The SMILES string of the molecule is O=COCN1CCN(COC=O)CCN(CC(O)CNC(=O)OCc2ccccc2)CCN(CC(=O)O)CC1. The van der Waals surface area contributed by atoms with E-state index >= 15 is 0 Å². The van der Waals surface area contributed by atoms with Gasteiger partial charge in [0.2, 0.25) is 0 Å².